The van der Waals surface area contributed by atoms with Gasteiger partial charge in [-0.05, 0) is 37.1 Å². The second kappa shape index (κ2) is 6.37. The number of rotatable bonds is 5. The zero-order valence-electron chi connectivity index (χ0n) is 12.7. The van der Waals surface area contributed by atoms with Gasteiger partial charge in [0.1, 0.15) is 0 Å². The highest BCUT2D eigenvalue weighted by molar-refractivity contribution is 7.09. The lowest BCUT2D eigenvalue weighted by Crippen LogP contribution is -2.23. The highest BCUT2D eigenvalue weighted by atomic mass is 35.5. The maximum Gasteiger partial charge on any atom is 0.273 e. The number of nitrogens with zero attached hydrogens (tertiary/aromatic N) is 2. The average molecular weight is 360 g/mol. The Labute approximate surface area is 147 Å². The maximum absolute atomic E-state index is 12.2. The third-order valence-corrected chi connectivity index (χ3v) is 5.11. The summed E-state index contributed by atoms with van der Waals surface area (Å²) >= 11 is 7.53. The molecular weight excluding hydrogens is 346 g/mol. The van der Waals surface area contributed by atoms with Crippen molar-refractivity contribution in [2.45, 2.75) is 25.3 Å². The molecule has 0 radical (unpaired) electrons. The van der Waals surface area contributed by atoms with E-state index in [1.54, 1.807) is 29.5 Å². The molecule has 0 spiro atoms. The average Bonchev–Trinajstić information content (AvgIpc) is 3.13. The molecule has 1 saturated carbocycles. The molecule has 3 aromatic rings. The summed E-state index contributed by atoms with van der Waals surface area (Å²) in [5, 5.41) is 10.5. The number of hydrogen-bond acceptors (Lipinski definition) is 5. The molecule has 2 heterocycles. The Hall–Kier alpha value is -2.18. The van der Waals surface area contributed by atoms with E-state index in [1.807, 2.05) is 17.5 Å². The number of carbonyl (C=O) groups is 1. The third kappa shape index (κ3) is 3.34. The predicted molar refractivity (Wildman–Crippen MR) is 92.2 cm³/mol. The van der Waals surface area contributed by atoms with Crippen molar-refractivity contribution in [3.05, 3.63) is 57.1 Å². The number of carbonyl (C=O) groups excluding carboxylic acids is 1. The van der Waals surface area contributed by atoms with E-state index in [0.29, 0.717) is 23.2 Å². The Morgan fingerprint density at radius 1 is 1.33 bits per heavy atom. The van der Waals surface area contributed by atoms with Crippen LogP contribution >= 0.6 is 22.9 Å². The van der Waals surface area contributed by atoms with Gasteiger partial charge in [0.15, 0.2) is 11.5 Å². The van der Waals surface area contributed by atoms with Crippen LogP contribution in [0, 0.1) is 0 Å². The number of benzene rings is 1. The van der Waals surface area contributed by atoms with Crippen molar-refractivity contribution >= 4 is 28.8 Å². The van der Waals surface area contributed by atoms with Crippen molar-refractivity contribution in [3.63, 3.8) is 0 Å². The zero-order chi connectivity index (χ0) is 16.5. The van der Waals surface area contributed by atoms with E-state index < -0.39 is 0 Å². The summed E-state index contributed by atoms with van der Waals surface area (Å²) in [6, 6.07) is 8.78. The molecule has 24 heavy (non-hydrogen) atoms. The molecule has 1 fully saturated rings. The topological polar surface area (TPSA) is 68.0 Å². The van der Waals surface area contributed by atoms with Crippen LogP contribution in [0.4, 0.5) is 0 Å². The van der Waals surface area contributed by atoms with Crippen molar-refractivity contribution in [1.82, 2.24) is 15.5 Å². The molecule has 1 N–H and O–H groups in total. The van der Waals surface area contributed by atoms with Crippen molar-refractivity contribution in [2.75, 3.05) is 0 Å². The molecule has 1 aliphatic carbocycles. The van der Waals surface area contributed by atoms with Crippen molar-refractivity contribution in [3.8, 4) is 11.3 Å². The summed E-state index contributed by atoms with van der Waals surface area (Å²) < 4.78 is 5.24. The van der Waals surface area contributed by atoms with Gasteiger partial charge in [-0.1, -0.05) is 16.8 Å². The summed E-state index contributed by atoms with van der Waals surface area (Å²) in [5.41, 5.74) is 1.95. The number of amides is 1. The van der Waals surface area contributed by atoms with E-state index >= 15 is 0 Å². The second-order valence-electron chi connectivity index (χ2n) is 5.72. The first-order valence-corrected chi connectivity index (χ1v) is 8.90. The quantitative estimate of drug-likeness (QED) is 0.739. The van der Waals surface area contributed by atoms with Gasteiger partial charge in [0.2, 0.25) is 0 Å². The van der Waals surface area contributed by atoms with E-state index in [9.17, 15) is 4.79 Å². The molecule has 5 nitrogen and oxygen atoms in total. The largest absolute Gasteiger partial charge is 0.355 e. The highest BCUT2D eigenvalue weighted by Crippen LogP contribution is 2.41. The lowest BCUT2D eigenvalue weighted by atomic mass is 10.1. The first-order valence-electron chi connectivity index (χ1n) is 7.64. The Bertz CT molecular complexity index is 868. The summed E-state index contributed by atoms with van der Waals surface area (Å²) in [7, 11) is 0. The van der Waals surface area contributed by atoms with Crippen LogP contribution in [-0.4, -0.2) is 16.0 Å². The van der Waals surface area contributed by atoms with E-state index in [1.165, 1.54) is 17.8 Å². The van der Waals surface area contributed by atoms with Crippen molar-refractivity contribution in [2.24, 2.45) is 0 Å². The van der Waals surface area contributed by atoms with Crippen molar-refractivity contribution < 1.29 is 9.32 Å². The molecule has 0 saturated heterocycles. The fourth-order valence-electron chi connectivity index (χ4n) is 2.32. The van der Waals surface area contributed by atoms with Gasteiger partial charge >= 0.3 is 0 Å². The molecule has 7 heteroatoms. The molecule has 122 valence electrons. The second-order valence-corrected chi connectivity index (χ2v) is 7.04. The summed E-state index contributed by atoms with van der Waals surface area (Å²) in [4.78, 5) is 16.7. The number of hydrogen-bond donors (Lipinski definition) is 1. The van der Waals surface area contributed by atoms with E-state index in [0.717, 1.165) is 11.3 Å². The van der Waals surface area contributed by atoms with Gasteiger partial charge in [-0.15, -0.1) is 11.3 Å². The molecule has 1 aliphatic rings. The Morgan fingerprint density at radius 2 is 2.12 bits per heavy atom. The standard InChI is InChI=1S/C17H14ClN3O2S/c18-12-5-3-10(4-6-12)15-7-14(21-23-15)16(22)19-8-13-9-24-17(20-13)11-1-2-11/h3-7,9,11H,1-2,8H2,(H,19,22). The lowest BCUT2D eigenvalue weighted by Gasteiger charge is -1.99. The zero-order valence-corrected chi connectivity index (χ0v) is 14.2. The molecule has 1 amide bonds. The molecule has 0 bridgehead atoms. The number of thiazole rings is 1. The molecule has 4 rings (SSSR count). The van der Waals surface area contributed by atoms with Gasteiger partial charge < -0.3 is 9.84 Å². The molecule has 0 unspecified atom stereocenters. The van der Waals surface area contributed by atoms with Crippen LogP contribution in [0.1, 0.15) is 39.9 Å². The number of nitrogens with one attached hydrogen (secondary N) is 1. The van der Waals surface area contributed by atoms with Crippen LogP contribution in [0.5, 0.6) is 0 Å². The van der Waals surface area contributed by atoms with Gasteiger partial charge in [0, 0.05) is 28.0 Å². The minimum Gasteiger partial charge on any atom is -0.355 e. The van der Waals surface area contributed by atoms with Crippen molar-refractivity contribution in [1.29, 1.82) is 0 Å². The van der Waals surface area contributed by atoms with E-state index in [4.69, 9.17) is 16.1 Å². The van der Waals surface area contributed by atoms with Crippen LogP contribution in [0.25, 0.3) is 11.3 Å². The molecular formula is C17H14ClN3O2S. The summed E-state index contributed by atoms with van der Waals surface area (Å²) in [6.45, 7) is 0.394. The number of halogens is 1. The smallest absolute Gasteiger partial charge is 0.273 e. The highest BCUT2D eigenvalue weighted by Gasteiger charge is 2.26. The molecule has 0 atom stereocenters. The van der Waals surface area contributed by atoms with Gasteiger partial charge in [0.05, 0.1) is 17.2 Å². The van der Waals surface area contributed by atoms with Crippen LogP contribution in [-0.2, 0) is 6.54 Å². The fraction of sp³-hybridized carbons (Fsp3) is 0.235. The summed E-state index contributed by atoms with van der Waals surface area (Å²) in [5.74, 6) is 0.887. The van der Waals surface area contributed by atoms with E-state index in [2.05, 4.69) is 15.5 Å². The van der Waals surface area contributed by atoms with Gasteiger partial charge in [0.25, 0.3) is 5.91 Å². The molecule has 1 aromatic carbocycles. The molecule has 2 aromatic heterocycles. The normalized spacial score (nSPS) is 13.9. The number of aromatic nitrogens is 2. The first kappa shape index (κ1) is 15.4. The van der Waals surface area contributed by atoms with Crippen LogP contribution in [0.2, 0.25) is 5.02 Å². The first-order chi connectivity index (χ1) is 11.7. The SMILES string of the molecule is O=C(NCc1csc(C2CC2)n1)c1cc(-c2ccc(Cl)cc2)on1. The maximum atomic E-state index is 12.2. The monoisotopic (exact) mass is 359 g/mol. The van der Waals surface area contributed by atoms with Gasteiger partial charge in [-0.25, -0.2) is 4.98 Å². The Kier molecular flexibility index (Phi) is 4.08. The third-order valence-electron chi connectivity index (χ3n) is 3.80. The predicted octanol–water partition coefficient (Wildman–Crippen LogP) is 4.26. The summed E-state index contributed by atoms with van der Waals surface area (Å²) in [6.07, 6.45) is 2.46. The van der Waals surface area contributed by atoms with Crippen LogP contribution < -0.4 is 5.32 Å². The molecule has 0 aliphatic heterocycles. The fourth-order valence-corrected chi connectivity index (χ4v) is 3.43. The van der Waals surface area contributed by atoms with Crippen LogP contribution in [0.3, 0.4) is 0 Å². The minimum atomic E-state index is -0.278. The van der Waals surface area contributed by atoms with Gasteiger partial charge in [-0.2, -0.15) is 0 Å². The Balaban J connectivity index is 1.39. The lowest BCUT2D eigenvalue weighted by molar-refractivity contribution is 0.0941. The van der Waals surface area contributed by atoms with Gasteiger partial charge in [-0.3, -0.25) is 4.79 Å². The van der Waals surface area contributed by atoms with Crippen LogP contribution in [0.15, 0.2) is 40.2 Å². The Morgan fingerprint density at radius 3 is 2.88 bits per heavy atom. The van der Waals surface area contributed by atoms with E-state index in [-0.39, 0.29) is 11.6 Å². The minimum absolute atomic E-state index is 0.248.